The van der Waals surface area contributed by atoms with Gasteiger partial charge in [-0.2, -0.15) is 0 Å². The predicted octanol–water partition coefficient (Wildman–Crippen LogP) is -0.217. The van der Waals surface area contributed by atoms with Crippen LogP contribution in [-0.2, 0) is 14.3 Å². The molecule has 0 amide bonds. The van der Waals surface area contributed by atoms with Crippen LogP contribution in [0.2, 0.25) is 0 Å². The molecule has 86 valence electrons. The lowest BCUT2D eigenvalue weighted by atomic mass is 10.00. The monoisotopic (exact) mass is 216 g/mol. The number of aliphatic hydroxyl groups excluding tert-OH is 2. The molecule has 0 bridgehead atoms. The van der Waals surface area contributed by atoms with Crippen LogP contribution in [0.4, 0.5) is 0 Å². The van der Waals surface area contributed by atoms with Gasteiger partial charge in [0.1, 0.15) is 12.2 Å². The Morgan fingerprint density at radius 3 is 2.53 bits per heavy atom. The van der Waals surface area contributed by atoms with Gasteiger partial charge in [-0.3, -0.25) is 9.59 Å². The summed E-state index contributed by atoms with van der Waals surface area (Å²) in [6, 6.07) is 0. The van der Waals surface area contributed by atoms with Crippen molar-refractivity contribution in [3.05, 3.63) is 0 Å². The molecule has 5 nitrogen and oxygen atoms in total. The summed E-state index contributed by atoms with van der Waals surface area (Å²) in [4.78, 5) is 22.3. The highest BCUT2D eigenvalue weighted by molar-refractivity contribution is 5.95. The summed E-state index contributed by atoms with van der Waals surface area (Å²) in [7, 11) is 0. The van der Waals surface area contributed by atoms with Crippen molar-refractivity contribution in [1.29, 1.82) is 0 Å². The second kappa shape index (κ2) is 5.23. The second-order valence-electron chi connectivity index (χ2n) is 3.93. The quantitative estimate of drug-likeness (QED) is 0.432. The van der Waals surface area contributed by atoms with Gasteiger partial charge in [-0.1, -0.05) is 0 Å². The highest BCUT2D eigenvalue weighted by atomic mass is 16.5. The summed E-state index contributed by atoms with van der Waals surface area (Å²) in [5.74, 6) is -0.961. The van der Waals surface area contributed by atoms with Gasteiger partial charge in [-0.25, -0.2) is 0 Å². The molecule has 1 heterocycles. The van der Waals surface area contributed by atoms with Crippen molar-refractivity contribution in [2.24, 2.45) is 0 Å². The van der Waals surface area contributed by atoms with Crippen molar-refractivity contribution in [2.75, 3.05) is 0 Å². The largest absolute Gasteiger partial charge is 0.462 e. The molecule has 5 heteroatoms. The van der Waals surface area contributed by atoms with Gasteiger partial charge < -0.3 is 14.9 Å². The maximum atomic E-state index is 11.2. The number of esters is 1. The zero-order valence-corrected chi connectivity index (χ0v) is 8.68. The lowest BCUT2D eigenvalue weighted by Gasteiger charge is -2.21. The van der Waals surface area contributed by atoms with Gasteiger partial charge in [0.25, 0.3) is 0 Å². The maximum absolute atomic E-state index is 11.2. The summed E-state index contributed by atoms with van der Waals surface area (Å²) in [5, 5.41) is 18.9. The van der Waals surface area contributed by atoms with E-state index >= 15 is 0 Å². The van der Waals surface area contributed by atoms with Gasteiger partial charge in [0, 0.05) is 6.42 Å². The van der Waals surface area contributed by atoms with Crippen molar-refractivity contribution < 1.29 is 24.5 Å². The van der Waals surface area contributed by atoms with Crippen molar-refractivity contribution in [3.63, 3.8) is 0 Å². The number of carbonyl (C=O) groups is 2. The Labute approximate surface area is 88.0 Å². The van der Waals surface area contributed by atoms with E-state index in [9.17, 15) is 19.8 Å². The molecular formula is C10H16O5. The third kappa shape index (κ3) is 3.97. The highest BCUT2D eigenvalue weighted by Crippen LogP contribution is 2.14. The fraction of sp³-hybridized carbons (Fsp3) is 0.800. The molecule has 1 saturated heterocycles. The van der Waals surface area contributed by atoms with Crippen LogP contribution >= 0.6 is 0 Å². The molecular weight excluding hydrogens is 200 g/mol. The normalized spacial score (nSPS) is 34.7. The first-order chi connectivity index (χ1) is 6.99. The van der Waals surface area contributed by atoms with Crippen LogP contribution in [0.1, 0.15) is 32.6 Å². The van der Waals surface area contributed by atoms with Crippen molar-refractivity contribution in [3.8, 4) is 0 Å². The van der Waals surface area contributed by atoms with E-state index in [4.69, 9.17) is 4.74 Å². The van der Waals surface area contributed by atoms with E-state index in [1.807, 2.05) is 0 Å². The predicted molar refractivity (Wildman–Crippen MR) is 51.0 cm³/mol. The Hall–Kier alpha value is -0.940. The molecule has 0 radical (unpaired) electrons. The second-order valence-corrected chi connectivity index (χ2v) is 3.93. The number of ether oxygens (including phenoxy) is 1. The standard InChI is InChI=1S/C10H16O5/c1-6-2-3-8(12)9(13)4-7(11)5-10(14)15-6/h6,8-9,12-13H,2-5H2,1H3/t6-,8-,9-/m1/s1. The number of Topliss-reactive ketones (excluding diaryl/α,β-unsaturated/α-hetero) is 1. The molecule has 0 spiro atoms. The van der Waals surface area contributed by atoms with E-state index < -0.39 is 24.0 Å². The number of ketones is 1. The minimum absolute atomic E-state index is 0.190. The molecule has 0 aromatic carbocycles. The molecule has 15 heavy (non-hydrogen) atoms. The minimum atomic E-state index is -1.07. The molecule has 0 saturated carbocycles. The van der Waals surface area contributed by atoms with E-state index in [1.165, 1.54) is 0 Å². The SMILES string of the molecule is C[C@@H]1CC[C@@H](O)[C@H](O)CC(=O)CC(=O)O1. The first-order valence-corrected chi connectivity index (χ1v) is 5.06. The van der Waals surface area contributed by atoms with Gasteiger partial charge in [-0.05, 0) is 19.8 Å². The fourth-order valence-electron chi connectivity index (χ4n) is 1.53. The Balaban J connectivity index is 2.63. The number of cyclic esters (lactones) is 1. The molecule has 0 aromatic rings. The first-order valence-electron chi connectivity index (χ1n) is 5.06. The molecule has 0 aliphatic carbocycles. The van der Waals surface area contributed by atoms with Crippen molar-refractivity contribution in [2.45, 2.75) is 50.9 Å². The number of hydrogen-bond donors (Lipinski definition) is 2. The van der Waals surface area contributed by atoms with Crippen LogP contribution in [0.15, 0.2) is 0 Å². The molecule has 1 aliphatic heterocycles. The summed E-state index contributed by atoms with van der Waals surface area (Å²) in [5.41, 5.74) is 0. The van der Waals surface area contributed by atoms with E-state index in [0.717, 1.165) is 0 Å². The highest BCUT2D eigenvalue weighted by Gasteiger charge is 2.25. The minimum Gasteiger partial charge on any atom is -0.462 e. The lowest BCUT2D eigenvalue weighted by Crippen LogP contribution is -2.32. The maximum Gasteiger partial charge on any atom is 0.313 e. The van der Waals surface area contributed by atoms with Crippen LogP contribution in [0.5, 0.6) is 0 Å². The summed E-state index contributed by atoms with van der Waals surface area (Å²) in [6.07, 6.45) is -2.03. The average molecular weight is 216 g/mol. The molecule has 1 fully saturated rings. The summed E-state index contributed by atoms with van der Waals surface area (Å²) in [6.45, 7) is 1.70. The number of rotatable bonds is 0. The van der Waals surface area contributed by atoms with Crippen molar-refractivity contribution in [1.82, 2.24) is 0 Å². The zero-order valence-electron chi connectivity index (χ0n) is 8.68. The number of hydrogen-bond acceptors (Lipinski definition) is 5. The van der Waals surface area contributed by atoms with E-state index in [1.54, 1.807) is 6.92 Å². The van der Waals surface area contributed by atoms with Gasteiger partial charge in [0.05, 0.1) is 18.3 Å². The summed E-state index contributed by atoms with van der Waals surface area (Å²) >= 11 is 0. The fourth-order valence-corrected chi connectivity index (χ4v) is 1.53. The van der Waals surface area contributed by atoms with Crippen LogP contribution in [0, 0.1) is 0 Å². The Morgan fingerprint density at radius 1 is 1.20 bits per heavy atom. The Morgan fingerprint density at radius 2 is 1.87 bits per heavy atom. The van der Waals surface area contributed by atoms with E-state index in [0.29, 0.717) is 12.8 Å². The lowest BCUT2D eigenvalue weighted by molar-refractivity contribution is -0.152. The van der Waals surface area contributed by atoms with Gasteiger partial charge in [0.2, 0.25) is 0 Å². The molecule has 3 atom stereocenters. The van der Waals surface area contributed by atoms with Gasteiger partial charge >= 0.3 is 5.97 Å². The molecule has 0 unspecified atom stereocenters. The smallest absolute Gasteiger partial charge is 0.313 e. The Kier molecular flexibility index (Phi) is 4.23. The number of carbonyl (C=O) groups excluding carboxylic acids is 2. The van der Waals surface area contributed by atoms with Crippen molar-refractivity contribution >= 4 is 11.8 Å². The molecule has 0 aromatic heterocycles. The number of aliphatic hydroxyl groups is 2. The Bertz CT molecular complexity index is 250. The van der Waals surface area contributed by atoms with E-state index in [2.05, 4.69) is 0 Å². The first kappa shape index (κ1) is 12.1. The third-order valence-electron chi connectivity index (χ3n) is 2.42. The summed E-state index contributed by atoms with van der Waals surface area (Å²) < 4.78 is 4.93. The topological polar surface area (TPSA) is 83.8 Å². The zero-order chi connectivity index (χ0) is 11.4. The van der Waals surface area contributed by atoms with Crippen LogP contribution < -0.4 is 0 Å². The molecule has 1 rings (SSSR count). The third-order valence-corrected chi connectivity index (χ3v) is 2.42. The average Bonchev–Trinajstić information content (AvgIpc) is 2.12. The van der Waals surface area contributed by atoms with Crippen LogP contribution in [-0.4, -0.2) is 40.3 Å². The van der Waals surface area contributed by atoms with Crippen LogP contribution in [0.25, 0.3) is 0 Å². The molecule has 1 aliphatic rings. The van der Waals surface area contributed by atoms with E-state index in [-0.39, 0.29) is 18.9 Å². The van der Waals surface area contributed by atoms with Gasteiger partial charge in [0.15, 0.2) is 0 Å². The van der Waals surface area contributed by atoms with Crippen LogP contribution in [0.3, 0.4) is 0 Å². The molecule has 2 N–H and O–H groups in total. The van der Waals surface area contributed by atoms with Gasteiger partial charge in [-0.15, -0.1) is 0 Å².